The van der Waals surface area contributed by atoms with Crippen LogP contribution in [0.5, 0.6) is 0 Å². The number of nitrogens with two attached hydrogens (primary N) is 1. The molecule has 0 radical (unpaired) electrons. The number of nitrogens with zero attached hydrogens (tertiary/aromatic N) is 2. The standard InChI is InChI=1S/C16H23N3S/c1-11-3-6-14(16(17)20)15(9-11)19-8-7-12-4-5-13(10-19)18(12)2/h3,6,9,12-13H,4-5,7-8,10H2,1-2H3,(H2,17,20). The molecular formula is C16H23N3S. The van der Waals surface area contributed by atoms with Crippen molar-refractivity contribution in [3.8, 4) is 0 Å². The van der Waals surface area contributed by atoms with Crippen molar-refractivity contribution < 1.29 is 0 Å². The summed E-state index contributed by atoms with van der Waals surface area (Å²) < 4.78 is 0. The lowest BCUT2D eigenvalue weighted by atomic mass is 10.0. The van der Waals surface area contributed by atoms with E-state index in [1.165, 1.54) is 30.5 Å². The monoisotopic (exact) mass is 289 g/mol. The molecule has 108 valence electrons. The number of hydrogen-bond donors (Lipinski definition) is 1. The maximum atomic E-state index is 5.91. The second-order valence-electron chi connectivity index (χ2n) is 6.17. The molecule has 0 amide bonds. The second kappa shape index (κ2) is 5.34. The number of rotatable bonds is 2. The van der Waals surface area contributed by atoms with E-state index in [0.29, 0.717) is 11.0 Å². The van der Waals surface area contributed by atoms with Crippen LogP contribution in [0.2, 0.25) is 0 Å². The normalized spacial score (nSPS) is 26.6. The lowest BCUT2D eigenvalue weighted by Crippen LogP contribution is -2.37. The molecule has 2 fully saturated rings. The zero-order valence-corrected chi connectivity index (χ0v) is 13.1. The fourth-order valence-electron chi connectivity index (χ4n) is 3.64. The Morgan fingerprint density at radius 2 is 2.00 bits per heavy atom. The van der Waals surface area contributed by atoms with Gasteiger partial charge in [-0.2, -0.15) is 0 Å². The zero-order valence-electron chi connectivity index (χ0n) is 12.3. The van der Waals surface area contributed by atoms with Crippen molar-refractivity contribution in [3.05, 3.63) is 29.3 Å². The summed E-state index contributed by atoms with van der Waals surface area (Å²) in [4.78, 5) is 5.56. The first-order valence-electron chi connectivity index (χ1n) is 7.43. The smallest absolute Gasteiger partial charge is 0.106 e. The van der Waals surface area contributed by atoms with Crippen molar-refractivity contribution in [2.45, 2.75) is 38.3 Å². The summed E-state index contributed by atoms with van der Waals surface area (Å²) in [6.45, 7) is 4.32. The summed E-state index contributed by atoms with van der Waals surface area (Å²) in [5.41, 5.74) is 9.41. The van der Waals surface area contributed by atoms with Crippen LogP contribution in [0.15, 0.2) is 18.2 Å². The number of anilines is 1. The number of thiocarbonyl (C=S) groups is 1. The van der Waals surface area contributed by atoms with Crippen LogP contribution in [0, 0.1) is 6.92 Å². The Morgan fingerprint density at radius 1 is 1.25 bits per heavy atom. The average Bonchev–Trinajstić information content (AvgIpc) is 2.62. The predicted octanol–water partition coefficient (Wildman–Crippen LogP) is 2.30. The topological polar surface area (TPSA) is 32.5 Å². The van der Waals surface area contributed by atoms with Gasteiger partial charge < -0.3 is 10.6 Å². The van der Waals surface area contributed by atoms with Crippen molar-refractivity contribution in [3.63, 3.8) is 0 Å². The van der Waals surface area contributed by atoms with Gasteiger partial charge in [-0.3, -0.25) is 4.90 Å². The van der Waals surface area contributed by atoms with Gasteiger partial charge in [-0.1, -0.05) is 18.3 Å². The van der Waals surface area contributed by atoms with Crippen LogP contribution in [-0.2, 0) is 0 Å². The first kappa shape index (κ1) is 13.8. The molecule has 0 spiro atoms. The molecule has 2 bridgehead atoms. The molecule has 0 aliphatic carbocycles. The molecule has 1 aromatic carbocycles. The molecule has 0 saturated carbocycles. The zero-order chi connectivity index (χ0) is 14.3. The van der Waals surface area contributed by atoms with Crippen LogP contribution in [0.1, 0.15) is 30.4 Å². The quantitative estimate of drug-likeness (QED) is 0.847. The predicted molar refractivity (Wildman–Crippen MR) is 88.5 cm³/mol. The van der Waals surface area contributed by atoms with E-state index in [1.54, 1.807) is 0 Å². The molecule has 2 unspecified atom stereocenters. The van der Waals surface area contributed by atoms with Gasteiger partial charge in [0.05, 0.1) is 0 Å². The van der Waals surface area contributed by atoms with Crippen LogP contribution in [0.4, 0.5) is 5.69 Å². The summed E-state index contributed by atoms with van der Waals surface area (Å²) in [6.07, 6.45) is 3.90. The van der Waals surface area contributed by atoms with Gasteiger partial charge in [0.2, 0.25) is 0 Å². The lowest BCUT2D eigenvalue weighted by Gasteiger charge is -2.29. The Balaban J connectivity index is 1.93. The number of hydrogen-bond acceptors (Lipinski definition) is 3. The Labute approximate surface area is 126 Å². The molecule has 2 saturated heterocycles. The largest absolute Gasteiger partial charge is 0.389 e. The van der Waals surface area contributed by atoms with Crippen LogP contribution in [-0.4, -0.2) is 42.1 Å². The van der Waals surface area contributed by atoms with Crippen molar-refractivity contribution >= 4 is 22.9 Å². The van der Waals surface area contributed by atoms with Crippen molar-refractivity contribution in [1.29, 1.82) is 0 Å². The second-order valence-corrected chi connectivity index (χ2v) is 6.61. The highest BCUT2D eigenvalue weighted by molar-refractivity contribution is 7.80. The third-order valence-electron chi connectivity index (χ3n) is 4.91. The van der Waals surface area contributed by atoms with Gasteiger partial charge in [0.1, 0.15) is 4.99 Å². The highest BCUT2D eigenvalue weighted by atomic mass is 32.1. The van der Waals surface area contributed by atoms with Crippen molar-refractivity contribution in [1.82, 2.24) is 4.90 Å². The molecule has 2 heterocycles. The maximum Gasteiger partial charge on any atom is 0.106 e. The minimum atomic E-state index is 0.503. The van der Waals surface area contributed by atoms with Gasteiger partial charge in [0.25, 0.3) is 0 Å². The summed E-state index contributed by atoms with van der Waals surface area (Å²) in [5, 5.41) is 0. The van der Waals surface area contributed by atoms with Crippen LogP contribution in [0.25, 0.3) is 0 Å². The molecule has 0 aromatic heterocycles. The fourth-order valence-corrected chi connectivity index (χ4v) is 3.81. The van der Waals surface area contributed by atoms with E-state index < -0.39 is 0 Å². The summed E-state index contributed by atoms with van der Waals surface area (Å²) in [5.74, 6) is 0. The van der Waals surface area contributed by atoms with Gasteiger partial charge in [-0.25, -0.2) is 0 Å². The van der Waals surface area contributed by atoms with E-state index in [0.717, 1.165) is 24.7 Å². The summed E-state index contributed by atoms with van der Waals surface area (Å²) in [6, 6.07) is 7.81. The van der Waals surface area contributed by atoms with Gasteiger partial charge in [0.15, 0.2) is 0 Å². The highest BCUT2D eigenvalue weighted by Crippen LogP contribution is 2.32. The molecule has 3 nitrogen and oxygen atoms in total. The molecule has 2 N–H and O–H groups in total. The van der Waals surface area contributed by atoms with Crippen molar-refractivity contribution in [2.24, 2.45) is 5.73 Å². The van der Waals surface area contributed by atoms with E-state index in [2.05, 4.69) is 42.0 Å². The average molecular weight is 289 g/mol. The molecular weight excluding hydrogens is 266 g/mol. The molecule has 1 aromatic rings. The van der Waals surface area contributed by atoms with Crippen LogP contribution in [0.3, 0.4) is 0 Å². The van der Waals surface area contributed by atoms with E-state index in [4.69, 9.17) is 18.0 Å². The van der Waals surface area contributed by atoms with E-state index in [-0.39, 0.29) is 0 Å². The third-order valence-corrected chi connectivity index (χ3v) is 5.13. The summed E-state index contributed by atoms with van der Waals surface area (Å²) in [7, 11) is 2.27. The number of aryl methyl sites for hydroxylation is 1. The van der Waals surface area contributed by atoms with Gasteiger partial charge >= 0.3 is 0 Å². The Hall–Kier alpha value is -1.13. The lowest BCUT2D eigenvalue weighted by molar-refractivity contribution is 0.254. The Kier molecular flexibility index (Phi) is 3.69. The first-order chi connectivity index (χ1) is 9.56. The molecule has 4 heteroatoms. The van der Waals surface area contributed by atoms with Crippen LogP contribution < -0.4 is 10.6 Å². The SMILES string of the molecule is Cc1ccc(C(N)=S)c(N2CCC3CCC(C2)N3C)c1. The molecule has 3 rings (SSSR count). The van der Waals surface area contributed by atoms with E-state index in [9.17, 15) is 0 Å². The van der Waals surface area contributed by atoms with Gasteiger partial charge in [-0.05, 0) is 50.9 Å². The molecule has 2 aliphatic heterocycles. The fraction of sp³-hybridized carbons (Fsp3) is 0.562. The Bertz CT molecular complexity index is 528. The molecule has 2 atom stereocenters. The third kappa shape index (κ3) is 2.42. The molecule has 20 heavy (non-hydrogen) atoms. The van der Waals surface area contributed by atoms with Crippen molar-refractivity contribution in [2.75, 3.05) is 25.0 Å². The minimum Gasteiger partial charge on any atom is -0.389 e. The number of fused-ring (bicyclic) bond motifs is 2. The van der Waals surface area contributed by atoms with Gasteiger partial charge in [-0.15, -0.1) is 0 Å². The maximum absolute atomic E-state index is 5.91. The number of benzene rings is 1. The number of likely N-dealkylation sites (N-methyl/N-ethyl adjacent to an activating group) is 1. The molecule has 2 aliphatic rings. The minimum absolute atomic E-state index is 0.503. The van der Waals surface area contributed by atoms with Crippen LogP contribution >= 0.6 is 12.2 Å². The van der Waals surface area contributed by atoms with E-state index >= 15 is 0 Å². The highest BCUT2D eigenvalue weighted by Gasteiger charge is 2.35. The summed E-state index contributed by atoms with van der Waals surface area (Å²) >= 11 is 5.23. The first-order valence-corrected chi connectivity index (χ1v) is 7.84. The van der Waals surface area contributed by atoms with Gasteiger partial charge in [0, 0.05) is 36.4 Å². The van der Waals surface area contributed by atoms with E-state index in [1.807, 2.05) is 0 Å². The Morgan fingerprint density at radius 3 is 2.75 bits per heavy atom.